The topological polar surface area (TPSA) is 0 Å². The Balaban J connectivity index is 3.00. The largest absolute Gasteiger partial charge is 0.135 e. The van der Waals surface area contributed by atoms with Crippen molar-refractivity contribution in [1.29, 1.82) is 0 Å². The molecule has 15 heavy (non-hydrogen) atoms. The van der Waals surface area contributed by atoms with Crippen molar-refractivity contribution in [3.05, 3.63) is 45.1 Å². The van der Waals surface area contributed by atoms with Gasteiger partial charge in [-0.1, -0.05) is 34.7 Å². The molecule has 0 unspecified atom stereocenters. The predicted octanol–water partition coefficient (Wildman–Crippen LogP) is 3.43. The van der Waals surface area contributed by atoms with Crippen LogP contribution in [-0.2, 0) is 0 Å². The second-order valence-corrected chi connectivity index (χ2v) is 5.21. The van der Waals surface area contributed by atoms with Crippen LogP contribution in [0.15, 0.2) is 35.3 Å². The van der Waals surface area contributed by atoms with Gasteiger partial charge in [-0.15, -0.1) is 11.3 Å². The lowest BCUT2D eigenvalue weighted by Gasteiger charge is -1.90. The fourth-order valence-electron chi connectivity index (χ4n) is 1.64. The zero-order valence-corrected chi connectivity index (χ0v) is 10.9. The molecule has 0 radical (unpaired) electrons. The summed E-state index contributed by atoms with van der Waals surface area (Å²) in [6, 6.07) is 6.40. The number of fused-ring (bicyclic) bond motifs is 1. The van der Waals surface area contributed by atoms with E-state index in [9.17, 15) is 0 Å². The highest BCUT2D eigenvalue weighted by atomic mass is 79.9. The molecule has 2 rings (SSSR count). The van der Waals surface area contributed by atoms with Crippen molar-refractivity contribution < 1.29 is 0 Å². The van der Waals surface area contributed by atoms with Crippen LogP contribution in [0, 0.1) is 0 Å². The van der Waals surface area contributed by atoms with Gasteiger partial charge in [0.1, 0.15) is 0 Å². The van der Waals surface area contributed by atoms with E-state index in [1.165, 1.54) is 19.8 Å². The third-order valence-corrected chi connectivity index (χ3v) is 3.92. The second kappa shape index (κ2) is 4.33. The van der Waals surface area contributed by atoms with Crippen molar-refractivity contribution in [2.45, 2.75) is 6.92 Å². The minimum absolute atomic E-state index is 1.13. The number of allylic oxidation sites excluding steroid dienone is 1. The molecule has 0 aliphatic carbocycles. The summed E-state index contributed by atoms with van der Waals surface area (Å²) in [7, 11) is 0. The molecule has 0 N–H and O–H groups in total. The van der Waals surface area contributed by atoms with Crippen LogP contribution in [0.3, 0.4) is 0 Å². The van der Waals surface area contributed by atoms with Gasteiger partial charge < -0.3 is 0 Å². The van der Waals surface area contributed by atoms with Crippen LogP contribution in [0.25, 0.3) is 22.2 Å². The summed E-state index contributed by atoms with van der Waals surface area (Å²) in [4.78, 5) is 0. The molecule has 2 heteroatoms. The monoisotopic (exact) mass is 278 g/mol. The highest BCUT2D eigenvalue weighted by Gasteiger charge is 2.00. The zero-order chi connectivity index (χ0) is 10.8. The third kappa shape index (κ3) is 1.92. The van der Waals surface area contributed by atoms with Gasteiger partial charge in [0.15, 0.2) is 0 Å². The van der Waals surface area contributed by atoms with Crippen molar-refractivity contribution in [3.8, 4) is 0 Å². The highest BCUT2D eigenvalue weighted by molar-refractivity contribution is 9.10. The van der Waals surface area contributed by atoms with Gasteiger partial charge in [0.25, 0.3) is 0 Å². The minimum atomic E-state index is 1.13. The van der Waals surface area contributed by atoms with Crippen molar-refractivity contribution in [2.75, 3.05) is 0 Å². The molecule has 0 atom stereocenters. The Hall–Kier alpha value is -0.860. The summed E-state index contributed by atoms with van der Waals surface area (Å²) < 4.78 is 3.72. The molecular formula is C13H11BrS. The van der Waals surface area contributed by atoms with Gasteiger partial charge in [-0.05, 0) is 36.4 Å². The average molecular weight is 279 g/mol. The quantitative estimate of drug-likeness (QED) is 0.750. The SMILES string of the molecule is C=C/C=c1/sc2ccc(Br)cc2/c1=C/C. The molecule has 1 heterocycles. The van der Waals surface area contributed by atoms with E-state index in [1.807, 2.05) is 6.08 Å². The molecule has 1 aromatic heterocycles. The molecule has 0 saturated heterocycles. The van der Waals surface area contributed by atoms with Crippen LogP contribution in [0.4, 0.5) is 0 Å². The molecule has 0 aliphatic heterocycles. The minimum Gasteiger partial charge on any atom is -0.135 e. The lowest BCUT2D eigenvalue weighted by atomic mass is 10.2. The first-order valence-corrected chi connectivity index (χ1v) is 6.34. The van der Waals surface area contributed by atoms with Crippen molar-refractivity contribution in [3.63, 3.8) is 0 Å². The van der Waals surface area contributed by atoms with Crippen molar-refractivity contribution in [1.82, 2.24) is 0 Å². The van der Waals surface area contributed by atoms with E-state index in [2.05, 4.69) is 59.8 Å². The average Bonchev–Trinajstić information content (AvgIpc) is 2.55. The van der Waals surface area contributed by atoms with Crippen LogP contribution in [-0.4, -0.2) is 0 Å². The zero-order valence-electron chi connectivity index (χ0n) is 8.46. The maximum Gasteiger partial charge on any atom is 0.0356 e. The van der Waals surface area contributed by atoms with E-state index < -0.39 is 0 Å². The van der Waals surface area contributed by atoms with E-state index in [-0.39, 0.29) is 0 Å². The normalized spacial score (nSPS) is 13.7. The molecule has 0 nitrogen and oxygen atoms in total. The summed E-state index contributed by atoms with van der Waals surface area (Å²) >= 11 is 5.31. The van der Waals surface area contributed by atoms with E-state index in [0.29, 0.717) is 0 Å². The molecule has 0 bridgehead atoms. The van der Waals surface area contributed by atoms with Crippen LogP contribution in [0.1, 0.15) is 6.92 Å². The lowest BCUT2D eigenvalue weighted by Crippen LogP contribution is -2.17. The molecule has 0 aliphatic rings. The van der Waals surface area contributed by atoms with Gasteiger partial charge in [-0.2, -0.15) is 0 Å². The molecule has 0 fully saturated rings. The fourth-order valence-corrected chi connectivity index (χ4v) is 3.15. The smallest absolute Gasteiger partial charge is 0.0356 e. The Bertz CT molecular complexity index is 620. The van der Waals surface area contributed by atoms with Crippen LogP contribution in [0.5, 0.6) is 0 Å². The number of halogens is 1. The van der Waals surface area contributed by atoms with Gasteiger partial charge in [0.2, 0.25) is 0 Å². The molecule has 76 valence electrons. The first-order valence-electron chi connectivity index (χ1n) is 4.73. The number of rotatable bonds is 1. The molecule has 1 aromatic carbocycles. The number of thiophene rings is 1. The first kappa shape index (κ1) is 10.7. The molecular weight excluding hydrogens is 268 g/mol. The summed E-state index contributed by atoms with van der Waals surface area (Å²) in [6.07, 6.45) is 6.06. The van der Waals surface area contributed by atoms with Gasteiger partial charge in [0, 0.05) is 19.1 Å². The van der Waals surface area contributed by atoms with Crippen molar-refractivity contribution >= 4 is 49.5 Å². The van der Waals surface area contributed by atoms with E-state index in [1.54, 1.807) is 11.3 Å². The van der Waals surface area contributed by atoms with Crippen molar-refractivity contribution in [2.24, 2.45) is 0 Å². The number of hydrogen-bond donors (Lipinski definition) is 0. The summed E-state index contributed by atoms with van der Waals surface area (Å²) in [5, 5.41) is 2.61. The van der Waals surface area contributed by atoms with Crippen LogP contribution < -0.4 is 9.75 Å². The standard InChI is InChI=1S/C13H11BrS/c1-3-5-12-10(4-2)11-8-9(14)6-7-13(11)15-12/h3-8H,1H2,2H3/b10-4-,12-5+. The molecule has 0 saturated carbocycles. The van der Waals surface area contributed by atoms with E-state index in [0.717, 1.165) is 4.47 Å². The summed E-state index contributed by atoms with van der Waals surface area (Å²) in [5.74, 6) is 0. The van der Waals surface area contributed by atoms with E-state index in [4.69, 9.17) is 0 Å². The van der Waals surface area contributed by atoms with Gasteiger partial charge >= 0.3 is 0 Å². The summed E-state index contributed by atoms with van der Waals surface area (Å²) in [6.45, 7) is 5.82. The Labute approximate surface area is 101 Å². The van der Waals surface area contributed by atoms with Gasteiger partial charge in [-0.25, -0.2) is 0 Å². The maximum atomic E-state index is 3.75. The third-order valence-electron chi connectivity index (χ3n) is 2.28. The Morgan fingerprint density at radius 1 is 1.40 bits per heavy atom. The molecule has 0 spiro atoms. The fraction of sp³-hybridized carbons (Fsp3) is 0.0769. The van der Waals surface area contributed by atoms with Gasteiger partial charge in [0.05, 0.1) is 0 Å². The highest BCUT2D eigenvalue weighted by Crippen LogP contribution is 2.18. The van der Waals surface area contributed by atoms with Crippen LogP contribution in [0.2, 0.25) is 0 Å². The maximum absolute atomic E-state index is 3.75. The van der Waals surface area contributed by atoms with E-state index >= 15 is 0 Å². The Kier molecular flexibility index (Phi) is 3.08. The predicted molar refractivity (Wildman–Crippen MR) is 73.6 cm³/mol. The second-order valence-electron chi connectivity index (χ2n) is 3.21. The van der Waals surface area contributed by atoms with Crippen LogP contribution >= 0.6 is 27.3 Å². The number of benzene rings is 1. The Morgan fingerprint density at radius 3 is 2.87 bits per heavy atom. The Morgan fingerprint density at radius 2 is 2.20 bits per heavy atom. The summed E-state index contributed by atoms with van der Waals surface area (Å²) in [5.41, 5.74) is 0. The number of hydrogen-bond acceptors (Lipinski definition) is 1. The first-order chi connectivity index (χ1) is 7.26. The lowest BCUT2D eigenvalue weighted by molar-refractivity contribution is 1.69. The molecule has 2 aromatic rings. The molecule has 0 amide bonds. The van der Waals surface area contributed by atoms with Gasteiger partial charge in [-0.3, -0.25) is 0 Å².